The lowest BCUT2D eigenvalue weighted by molar-refractivity contribution is 0.200. The van der Waals surface area contributed by atoms with E-state index < -0.39 is 10.0 Å². The van der Waals surface area contributed by atoms with Gasteiger partial charge >= 0.3 is 0 Å². The molecular weight excluding hydrogens is 394 g/mol. The highest BCUT2D eigenvalue weighted by Gasteiger charge is 2.26. The second-order valence-corrected chi connectivity index (χ2v) is 10.1. The summed E-state index contributed by atoms with van der Waals surface area (Å²) in [6, 6.07) is 15.5. The summed E-state index contributed by atoms with van der Waals surface area (Å²) >= 11 is 1.20. The Morgan fingerprint density at radius 3 is 2.61 bits per heavy atom. The van der Waals surface area contributed by atoms with E-state index in [-0.39, 0.29) is 6.04 Å². The van der Waals surface area contributed by atoms with Crippen molar-refractivity contribution in [1.82, 2.24) is 14.8 Å². The Bertz CT molecular complexity index is 1020. The van der Waals surface area contributed by atoms with Crippen LogP contribution in [0.3, 0.4) is 0 Å². The summed E-state index contributed by atoms with van der Waals surface area (Å²) < 4.78 is 33.9. The number of nitrogens with zero attached hydrogens (tertiary/aromatic N) is 2. The van der Waals surface area contributed by atoms with Crippen molar-refractivity contribution in [3.63, 3.8) is 0 Å². The first-order valence-corrected chi connectivity index (χ1v) is 11.6. The first-order valence-electron chi connectivity index (χ1n) is 9.32. The molecule has 1 aliphatic heterocycles. The molecule has 1 aliphatic rings. The van der Waals surface area contributed by atoms with Gasteiger partial charge in [-0.05, 0) is 37.5 Å². The van der Waals surface area contributed by atoms with Crippen molar-refractivity contribution in [3.05, 3.63) is 59.8 Å². The van der Waals surface area contributed by atoms with Gasteiger partial charge in [0.15, 0.2) is 5.76 Å². The molecule has 0 aliphatic carbocycles. The molecule has 1 aromatic carbocycles. The van der Waals surface area contributed by atoms with Gasteiger partial charge in [0.2, 0.25) is 10.0 Å². The lowest BCUT2D eigenvalue weighted by atomic mass is 10.1. The van der Waals surface area contributed by atoms with Gasteiger partial charge in [0, 0.05) is 31.7 Å². The normalized spacial score (nSPS) is 16.5. The Hall–Kier alpha value is -2.00. The van der Waals surface area contributed by atoms with Gasteiger partial charge in [0.05, 0.1) is 10.6 Å². The lowest BCUT2D eigenvalue weighted by Gasteiger charge is -2.32. The molecule has 6 nitrogen and oxygen atoms in total. The van der Waals surface area contributed by atoms with Crippen LogP contribution in [0.25, 0.3) is 10.6 Å². The fraction of sp³-hybridized carbons (Fsp3) is 0.350. The smallest absolute Gasteiger partial charge is 0.250 e. The second-order valence-electron chi connectivity index (χ2n) is 7.11. The molecule has 0 saturated carbocycles. The molecule has 0 amide bonds. The van der Waals surface area contributed by atoms with Gasteiger partial charge in [0.25, 0.3) is 0 Å². The SMILES string of the molecule is Cc1cc(-c2ccc(S(=O)(=O)NC3CCN(Cc4ccccc4)CC3)s2)on1. The van der Waals surface area contributed by atoms with Crippen molar-refractivity contribution in [1.29, 1.82) is 0 Å². The Morgan fingerprint density at radius 1 is 1.18 bits per heavy atom. The second kappa shape index (κ2) is 8.16. The third-order valence-corrected chi connectivity index (χ3v) is 7.99. The number of aromatic nitrogens is 1. The minimum absolute atomic E-state index is 0.0323. The van der Waals surface area contributed by atoms with Crippen LogP contribution in [0.4, 0.5) is 0 Å². The molecule has 0 radical (unpaired) electrons. The maximum absolute atomic E-state index is 12.8. The highest BCUT2D eigenvalue weighted by molar-refractivity contribution is 7.91. The van der Waals surface area contributed by atoms with Crippen LogP contribution in [0.5, 0.6) is 0 Å². The zero-order valence-corrected chi connectivity index (χ0v) is 17.3. The molecule has 0 spiro atoms. The van der Waals surface area contributed by atoms with Crippen LogP contribution in [-0.2, 0) is 16.6 Å². The molecule has 1 N–H and O–H groups in total. The maximum atomic E-state index is 12.8. The number of thiophene rings is 1. The number of rotatable bonds is 6. The van der Waals surface area contributed by atoms with E-state index in [0.29, 0.717) is 9.97 Å². The van der Waals surface area contributed by atoms with E-state index in [1.54, 1.807) is 18.2 Å². The first kappa shape index (κ1) is 19.3. The third-order valence-electron chi connectivity index (χ3n) is 4.88. The Morgan fingerprint density at radius 2 is 1.93 bits per heavy atom. The number of piperidine rings is 1. The van der Waals surface area contributed by atoms with Gasteiger partial charge in [-0.3, -0.25) is 4.90 Å². The van der Waals surface area contributed by atoms with Gasteiger partial charge in [-0.15, -0.1) is 11.3 Å². The number of hydrogen-bond donors (Lipinski definition) is 1. The molecule has 3 aromatic rings. The van der Waals surface area contributed by atoms with Crippen molar-refractivity contribution < 1.29 is 12.9 Å². The highest BCUT2D eigenvalue weighted by atomic mass is 32.2. The van der Waals surface area contributed by atoms with Gasteiger partial charge < -0.3 is 4.52 Å². The van der Waals surface area contributed by atoms with Crippen LogP contribution in [0.15, 0.2) is 57.3 Å². The first-order chi connectivity index (χ1) is 13.5. The fourth-order valence-electron chi connectivity index (χ4n) is 3.40. The molecule has 28 heavy (non-hydrogen) atoms. The summed E-state index contributed by atoms with van der Waals surface area (Å²) in [5.41, 5.74) is 2.06. The minimum Gasteiger partial charge on any atom is -0.355 e. The molecule has 1 saturated heterocycles. The highest BCUT2D eigenvalue weighted by Crippen LogP contribution is 2.31. The van der Waals surface area contributed by atoms with E-state index >= 15 is 0 Å². The Kier molecular flexibility index (Phi) is 5.63. The Labute approximate surface area is 169 Å². The standard InChI is InChI=1S/C20H23N3O3S2/c1-15-13-18(26-21-15)19-7-8-20(27-19)28(24,25)22-17-9-11-23(12-10-17)14-16-5-3-2-4-6-16/h2-8,13,17,22H,9-12,14H2,1H3. The topological polar surface area (TPSA) is 75.4 Å². The number of aryl methyl sites for hydroxylation is 1. The number of sulfonamides is 1. The van der Waals surface area contributed by atoms with Crippen LogP contribution in [-0.4, -0.2) is 37.6 Å². The molecule has 2 aromatic heterocycles. The van der Waals surface area contributed by atoms with Crippen LogP contribution >= 0.6 is 11.3 Å². The van der Waals surface area contributed by atoms with Crippen molar-refractivity contribution in [3.8, 4) is 10.6 Å². The van der Waals surface area contributed by atoms with Gasteiger partial charge in [-0.2, -0.15) is 0 Å². The van der Waals surface area contributed by atoms with Crippen molar-refractivity contribution in [2.45, 2.75) is 36.6 Å². The number of likely N-dealkylation sites (tertiary alicyclic amines) is 1. The van der Waals surface area contributed by atoms with E-state index in [4.69, 9.17) is 4.52 Å². The average Bonchev–Trinajstić information content (AvgIpc) is 3.33. The molecule has 0 atom stereocenters. The lowest BCUT2D eigenvalue weighted by Crippen LogP contribution is -2.44. The van der Waals surface area contributed by atoms with Crippen LogP contribution in [0, 0.1) is 6.92 Å². The summed E-state index contributed by atoms with van der Waals surface area (Å²) in [4.78, 5) is 3.13. The number of hydrogen-bond acceptors (Lipinski definition) is 6. The number of benzene rings is 1. The zero-order valence-electron chi connectivity index (χ0n) is 15.7. The monoisotopic (exact) mass is 417 g/mol. The van der Waals surface area contributed by atoms with Crippen molar-refractivity contribution in [2.75, 3.05) is 13.1 Å². The molecule has 148 valence electrons. The van der Waals surface area contributed by atoms with E-state index in [1.807, 2.05) is 25.1 Å². The van der Waals surface area contributed by atoms with E-state index in [0.717, 1.165) is 43.0 Å². The summed E-state index contributed by atoms with van der Waals surface area (Å²) in [5, 5.41) is 3.86. The predicted molar refractivity (Wildman–Crippen MR) is 110 cm³/mol. The van der Waals surface area contributed by atoms with Crippen molar-refractivity contribution in [2.24, 2.45) is 0 Å². The fourth-order valence-corrected chi connectivity index (χ4v) is 5.98. The van der Waals surface area contributed by atoms with Gasteiger partial charge in [-0.25, -0.2) is 13.1 Å². The molecule has 8 heteroatoms. The van der Waals surface area contributed by atoms with Gasteiger partial charge in [0.1, 0.15) is 4.21 Å². The largest absolute Gasteiger partial charge is 0.355 e. The third kappa shape index (κ3) is 4.52. The van der Waals surface area contributed by atoms with Crippen LogP contribution < -0.4 is 4.72 Å². The van der Waals surface area contributed by atoms with Crippen molar-refractivity contribution >= 4 is 21.4 Å². The molecule has 1 fully saturated rings. The van der Waals surface area contributed by atoms with Gasteiger partial charge in [-0.1, -0.05) is 35.5 Å². The van der Waals surface area contributed by atoms with Crippen LogP contribution in [0.1, 0.15) is 24.1 Å². The number of nitrogens with one attached hydrogen (secondary N) is 1. The van der Waals surface area contributed by atoms with E-state index in [1.165, 1.54) is 16.9 Å². The summed E-state index contributed by atoms with van der Waals surface area (Å²) in [7, 11) is -3.53. The molecule has 0 bridgehead atoms. The molecular formula is C20H23N3O3S2. The predicted octanol–water partition coefficient (Wildman–Crippen LogP) is 3.65. The summed E-state index contributed by atoms with van der Waals surface area (Å²) in [6.45, 7) is 4.51. The minimum atomic E-state index is -3.53. The maximum Gasteiger partial charge on any atom is 0.250 e. The molecule has 0 unspecified atom stereocenters. The van der Waals surface area contributed by atoms with E-state index in [9.17, 15) is 8.42 Å². The van der Waals surface area contributed by atoms with E-state index in [2.05, 4.69) is 26.9 Å². The zero-order chi connectivity index (χ0) is 19.6. The molecule has 4 rings (SSSR count). The Balaban J connectivity index is 1.35. The quantitative estimate of drug-likeness (QED) is 0.663. The summed E-state index contributed by atoms with van der Waals surface area (Å²) in [5.74, 6) is 0.596. The molecule has 3 heterocycles. The average molecular weight is 418 g/mol. The van der Waals surface area contributed by atoms with Crippen LogP contribution in [0.2, 0.25) is 0 Å². The summed E-state index contributed by atoms with van der Waals surface area (Å²) in [6.07, 6.45) is 1.62.